The molecule has 1 aromatic carbocycles. The van der Waals surface area contributed by atoms with Crippen LogP contribution >= 0.6 is 15.9 Å². The van der Waals surface area contributed by atoms with E-state index in [0.29, 0.717) is 18.7 Å². The molecule has 7 heteroatoms. The first-order chi connectivity index (χ1) is 10.2. The Morgan fingerprint density at radius 2 is 2.24 bits per heavy atom. The van der Waals surface area contributed by atoms with Gasteiger partial charge in [0.1, 0.15) is 11.3 Å². The van der Waals surface area contributed by atoms with Crippen molar-refractivity contribution in [2.45, 2.75) is 31.9 Å². The van der Waals surface area contributed by atoms with Crippen LogP contribution in [0.1, 0.15) is 19.3 Å². The smallest absolute Gasteiger partial charge is 0.261 e. The van der Waals surface area contributed by atoms with Crippen LogP contribution in [0.4, 0.5) is 0 Å². The number of carbonyl (C=O) groups is 1. The molecule has 1 saturated heterocycles. The fourth-order valence-electron chi connectivity index (χ4n) is 2.59. The highest BCUT2D eigenvalue weighted by molar-refractivity contribution is 9.10. The molecule has 1 N–H and O–H groups in total. The first kappa shape index (κ1) is 13.1. The number of amides is 1. The lowest BCUT2D eigenvalue weighted by Gasteiger charge is -2.12. The molecule has 110 valence electrons. The summed E-state index contributed by atoms with van der Waals surface area (Å²) in [6.07, 6.45) is 2.83. The Morgan fingerprint density at radius 3 is 2.95 bits per heavy atom. The fraction of sp³-hybridized carbons (Fsp3) is 0.500. The third-order valence-electron chi connectivity index (χ3n) is 3.99. The van der Waals surface area contributed by atoms with Crippen molar-refractivity contribution in [2.24, 2.45) is 5.92 Å². The van der Waals surface area contributed by atoms with Crippen molar-refractivity contribution in [3.05, 3.63) is 16.6 Å². The van der Waals surface area contributed by atoms with Crippen LogP contribution in [0.25, 0.3) is 11.0 Å². The quantitative estimate of drug-likeness (QED) is 0.913. The lowest BCUT2D eigenvalue weighted by molar-refractivity contribution is -0.124. The Hall–Kier alpha value is -1.63. The standard InChI is InChI=1S/C14H15BrN4O2/c15-12-10(21-11-5-6-16-14(11)20)4-3-9-13(12)17-18-19(9)7-8-1-2-8/h3-4,8,11H,1-2,5-7H2,(H,16,20). The topological polar surface area (TPSA) is 69.0 Å². The maximum absolute atomic E-state index is 11.6. The molecule has 2 fully saturated rings. The number of rotatable bonds is 4. The summed E-state index contributed by atoms with van der Waals surface area (Å²) in [5.41, 5.74) is 1.78. The molecule has 1 amide bonds. The van der Waals surface area contributed by atoms with E-state index in [9.17, 15) is 4.79 Å². The summed E-state index contributed by atoms with van der Waals surface area (Å²) in [4.78, 5) is 11.6. The van der Waals surface area contributed by atoms with Crippen molar-refractivity contribution < 1.29 is 9.53 Å². The number of hydrogen-bond acceptors (Lipinski definition) is 4. The average Bonchev–Trinajstić information content (AvgIpc) is 3.06. The van der Waals surface area contributed by atoms with E-state index < -0.39 is 6.10 Å². The number of aromatic nitrogens is 3. The minimum Gasteiger partial charge on any atom is -0.479 e. The van der Waals surface area contributed by atoms with Gasteiger partial charge in [-0.1, -0.05) is 5.21 Å². The number of nitrogens with zero attached hydrogens (tertiary/aromatic N) is 3. The number of carbonyl (C=O) groups excluding carboxylic acids is 1. The van der Waals surface area contributed by atoms with Gasteiger partial charge < -0.3 is 10.1 Å². The zero-order valence-electron chi connectivity index (χ0n) is 11.4. The van der Waals surface area contributed by atoms with E-state index >= 15 is 0 Å². The second kappa shape index (κ2) is 4.98. The van der Waals surface area contributed by atoms with E-state index in [1.54, 1.807) is 0 Å². The van der Waals surface area contributed by atoms with Gasteiger partial charge in [0.15, 0.2) is 6.10 Å². The van der Waals surface area contributed by atoms with Crippen molar-refractivity contribution in [1.82, 2.24) is 20.3 Å². The van der Waals surface area contributed by atoms with Crippen molar-refractivity contribution in [1.29, 1.82) is 0 Å². The monoisotopic (exact) mass is 350 g/mol. The molecule has 1 aromatic heterocycles. The minimum absolute atomic E-state index is 0.0561. The highest BCUT2D eigenvalue weighted by Gasteiger charge is 2.27. The molecule has 1 aliphatic heterocycles. The van der Waals surface area contributed by atoms with E-state index in [1.165, 1.54) is 12.8 Å². The summed E-state index contributed by atoms with van der Waals surface area (Å²) in [5.74, 6) is 1.33. The van der Waals surface area contributed by atoms with E-state index in [2.05, 4.69) is 31.6 Å². The Balaban J connectivity index is 1.64. The summed E-state index contributed by atoms with van der Waals surface area (Å²) >= 11 is 3.53. The van der Waals surface area contributed by atoms with E-state index in [1.807, 2.05) is 16.8 Å². The number of nitrogens with one attached hydrogen (secondary N) is 1. The maximum Gasteiger partial charge on any atom is 0.261 e. The summed E-state index contributed by atoms with van der Waals surface area (Å²) in [5, 5.41) is 11.2. The maximum atomic E-state index is 11.6. The van der Waals surface area contributed by atoms with Gasteiger partial charge in [-0.05, 0) is 46.8 Å². The molecule has 1 aliphatic carbocycles. The molecule has 2 aromatic rings. The van der Waals surface area contributed by atoms with Gasteiger partial charge in [-0.15, -0.1) is 5.10 Å². The van der Waals surface area contributed by atoms with Crippen molar-refractivity contribution in [3.8, 4) is 5.75 Å². The number of hydrogen-bond donors (Lipinski definition) is 1. The summed E-state index contributed by atoms with van der Waals surface area (Å²) < 4.78 is 8.51. The van der Waals surface area contributed by atoms with Crippen LogP contribution in [0.5, 0.6) is 5.75 Å². The van der Waals surface area contributed by atoms with Crippen LogP contribution in [0.2, 0.25) is 0 Å². The number of fused-ring (bicyclic) bond motifs is 1. The second-order valence-corrected chi connectivity index (χ2v) is 6.44. The molecule has 1 atom stereocenters. The van der Waals surface area contributed by atoms with Gasteiger partial charge in [-0.25, -0.2) is 4.68 Å². The molecular formula is C14H15BrN4O2. The Bertz CT molecular complexity index is 710. The molecule has 0 spiro atoms. The van der Waals surface area contributed by atoms with Crippen molar-refractivity contribution in [2.75, 3.05) is 6.54 Å². The first-order valence-corrected chi connectivity index (χ1v) is 7.98. The average molecular weight is 351 g/mol. The van der Waals surface area contributed by atoms with Gasteiger partial charge in [0.25, 0.3) is 5.91 Å². The second-order valence-electron chi connectivity index (χ2n) is 5.65. The predicted molar refractivity (Wildman–Crippen MR) is 80.0 cm³/mol. The molecule has 2 aliphatic rings. The van der Waals surface area contributed by atoms with Crippen LogP contribution in [0, 0.1) is 5.92 Å². The summed E-state index contributed by atoms with van der Waals surface area (Å²) in [6, 6.07) is 3.84. The third-order valence-corrected chi connectivity index (χ3v) is 4.75. The molecule has 1 unspecified atom stereocenters. The fourth-order valence-corrected chi connectivity index (χ4v) is 3.10. The third kappa shape index (κ3) is 2.39. The van der Waals surface area contributed by atoms with Crippen LogP contribution < -0.4 is 10.1 Å². The largest absolute Gasteiger partial charge is 0.479 e. The van der Waals surface area contributed by atoms with Gasteiger partial charge >= 0.3 is 0 Å². The van der Waals surface area contributed by atoms with Gasteiger partial charge in [0, 0.05) is 19.5 Å². The SMILES string of the molecule is O=C1NCCC1Oc1ccc2c(nnn2CC2CC2)c1Br. The predicted octanol–water partition coefficient (Wildman–Crippen LogP) is 1.87. The normalized spacial score (nSPS) is 21.8. The number of halogens is 1. The number of benzene rings is 1. The van der Waals surface area contributed by atoms with Crippen LogP contribution in [-0.4, -0.2) is 33.5 Å². The molecule has 6 nitrogen and oxygen atoms in total. The Kier molecular flexibility index (Phi) is 3.10. The molecule has 0 radical (unpaired) electrons. The van der Waals surface area contributed by atoms with Gasteiger partial charge in [-0.3, -0.25) is 4.79 Å². The Labute approximate surface area is 130 Å². The highest BCUT2D eigenvalue weighted by atomic mass is 79.9. The number of ether oxygens (including phenoxy) is 1. The van der Waals surface area contributed by atoms with E-state index in [-0.39, 0.29) is 5.91 Å². The van der Waals surface area contributed by atoms with Gasteiger partial charge in [0.2, 0.25) is 0 Å². The van der Waals surface area contributed by atoms with Crippen molar-refractivity contribution >= 4 is 32.9 Å². The van der Waals surface area contributed by atoms with Crippen LogP contribution in [0.15, 0.2) is 16.6 Å². The lowest BCUT2D eigenvalue weighted by Crippen LogP contribution is -2.27. The first-order valence-electron chi connectivity index (χ1n) is 7.18. The van der Waals surface area contributed by atoms with Gasteiger partial charge in [-0.2, -0.15) is 0 Å². The van der Waals surface area contributed by atoms with E-state index in [4.69, 9.17) is 4.74 Å². The molecule has 2 heterocycles. The Morgan fingerprint density at radius 1 is 1.38 bits per heavy atom. The molecule has 4 rings (SSSR count). The zero-order chi connectivity index (χ0) is 14.4. The summed E-state index contributed by atoms with van der Waals surface area (Å²) in [7, 11) is 0. The summed E-state index contributed by atoms with van der Waals surface area (Å²) in [6.45, 7) is 1.59. The van der Waals surface area contributed by atoms with Crippen LogP contribution in [-0.2, 0) is 11.3 Å². The lowest BCUT2D eigenvalue weighted by atomic mass is 10.2. The molecule has 0 bridgehead atoms. The molecule has 1 saturated carbocycles. The molecular weight excluding hydrogens is 336 g/mol. The van der Waals surface area contributed by atoms with Gasteiger partial charge in [0.05, 0.1) is 9.99 Å². The highest BCUT2D eigenvalue weighted by Crippen LogP contribution is 2.35. The zero-order valence-corrected chi connectivity index (χ0v) is 13.0. The minimum atomic E-state index is -0.416. The van der Waals surface area contributed by atoms with Crippen molar-refractivity contribution in [3.63, 3.8) is 0 Å². The van der Waals surface area contributed by atoms with Crippen LogP contribution in [0.3, 0.4) is 0 Å². The molecule has 21 heavy (non-hydrogen) atoms. The van der Waals surface area contributed by atoms with E-state index in [0.717, 1.165) is 28.0 Å².